The lowest BCUT2D eigenvalue weighted by Gasteiger charge is -2.07. The second-order valence-corrected chi connectivity index (χ2v) is 5.47. The fourth-order valence-corrected chi connectivity index (χ4v) is 2.56. The van der Waals surface area contributed by atoms with Crippen molar-refractivity contribution in [3.05, 3.63) is 41.1 Å². The number of nitrogens with one attached hydrogen (secondary N) is 1. The van der Waals surface area contributed by atoms with Crippen molar-refractivity contribution in [1.29, 1.82) is 0 Å². The molecule has 1 aliphatic rings. The standard InChI is InChI=1S/C17H20N2O3/c1-2-3-10-21-13-7-4-6-12(11-13)16(20)18-17-14-8-5-9-15(14)19-22-17/h4,6-7,11H,2-3,5,8-10H2,1H3,(H,18,20). The van der Waals surface area contributed by atoms with E-state index in [9.17, 15) is 4.79 Å². The van der Waals surface area contributed by atoms with E-state index in [-0.39, 0.29) is 5.91 Å². The van der Waals surface area contributed by atoms with E-state index in [0.29, 0.717) is 23.8 Å². The average molecular weight is 300 g/mol. The third-order valence-corrected chi connectivity index (χ3v) is 3.80. The van der Waals surface area contributed by atoms with Gasteiger partial charge in [-0.25, -0.2) is 0 Å². The van der Waals surface area contributed by atoms with E-state index < -0.39 is 0 Å². The number of unbranched alkanes of at least 4 members (excludes halogenated alkanes) is 1. The molecule has 0 aliphatic heterocycles. The molecule has 0 saturated carbocycles. The Kier molecular flexibility index (Phi) is 4.42. The fourth-order valence-electron chi connectivity index (χ4n) is 2.56. The van der Waals surface area contributed by atoms with Gasteiger partial charge in [0.25, 0.3) is 5.91 Å². The monoisotopic (exact) mass is 300 g/mol. The summed E-state index contributed by atoms with van der Waals surface area (Å²) in [6.45, 7) is 2.78. The lowest BCUT2D eigenvalue weighted by Crippen LogP contribution is -2.12. The molecule has 1 aromatic carbocycles. The molecule has 0 radical (unpaired) electrons. The second-order valence-electron chi connectivity index (χ2n) is 5.47. The molecule has 1 aromatic heterocycles. The zero-order chi connectivity index (χ0) is 15.4. The molecule has 0 spiro atoms. The number of nitrogens with zero attached hydrogens (tertiary/aromatic N) is 1. The normalized spacial score (nSPS) is 13.0. The van der Waals surface area contributed by atoms with Crippen molar-refractivity contribution in [2.24, 2.45) is 0 Å². The van der Waals surface area contributed by atoms with Crippen molar-refractivity contribution >= 4 is 11.8 Å². The lowest BCUT2D eigenvalue weighted by molar-refractivity contribution is 0.102. The number of amides is 1. The summed E-state index contributed by atoms with van der Waals surface area (Å²) in [6, 6.07) is 7.19. The average Bonchev–Trinajstić information content (AvgIpc) is 3.13. The number of aromatic nitrogens is 1. The van der Waals surface area contributed by atoms with Crippen LogP contribution in [0.4, 0.5) is 5.88 Å². The Morgan fingerprint density at radius 1 is 1.41 bits per heavy atom. The van der Waals surface area contributed by atoms with Gasteiger partial charge in [0.1, 0.15) is 5.75 Å². The molecule has 5 nitrogen and oxygen atoms in total. The van der Waals surface area contributed by atoms with Crippen LogP contribution >= 0.6 is 0 Å². The van der Waals surface area contributed by atoms with Crippen molar-refractivity contribution in [3.63, 3.8) is 0 Å². The van der Waals surface area contributed by atoms with Gasteiger partial charge < -0.3 is 9.26 Å². The van der Waals surface area contributed by atoms with Gasteiger partial charge in [-0.3, -0.25) is 10.1 Å². The number of carbonyl (C=O) groups is 1. The molecule has 3 rings (SSSR count). The third kappa shape index (κ3) is 3.13. The van der Waals surface area contributed by atoms with Gasteiger partial charge in [-0.05, 0) is 43.9 Å². The molecule has 0 atom stereocenters. The Balaban J connectivity index is 1.68. The molecule has 0 bridgehead atoms. The zero-order valence-corrected chi connectivity index (χ0v) is 12.7. The summed E-state index contributed by atoms with van der Waals surface area (Å²) < 4.78 is 10.9. The van der Waals surface area contributed by atoms with Crippen LogP contribution in [0, 0.1) is 0 Å². The summed E-state index contributed by atoms with van der Waals surface area (Å²) in [5, 5.41) is 6.81. The van der Waals surface area contributed by atoms with E-state index in [1.807, 2.05) is 12.1 Å². The highest BCUT2D eigenvalue weighted by Crippen LogP contribution is 2.28. The van der Waals surface area contributed by atoms with Crippen LogP contribution in [0.3, 0.4) is 0 Å². The highest BCUT2D eigenvalue weighted by atomic mass is 16.5. The number of ether oxygens (including phenoxy) is 1. The highest BCUT2D eigenvalue weighted by molar-refractivity contribution is 6.04. The van der Waals surface area contributed by atoms with Crippen LogP contribution in [0.5, 0.6) is 5.75 Å². The molecule has 0 unspecified atom stereocenters. The van der Waals surface area contributed by atoms with Crippen molar-refractivity contribution < 1.29 is 14.1 Å². The number of rotatable bonds is 6. The van der Waals surface area contributed by atoms with E-state index in [1.165, 1.54) is 0 Å². The van der Waals surface area contributed by atoms with Gasteiger partial charge in [-0.1, -0.05) is 24.6 Å². The molecular weight excluding hydrogens is 280 g/mol. The van der Waals surface area contributed by atoms with Crippen molar-refractivity contribution in [1.82, 2.24) is 5.16 Å². The lowest BCUT2D eigenvalue weighted by atomic mass is 10.2. The van der Waals surface area contributed by atoms with Gasteiger partial charge in [-0.2, -0.15) is 0 Å². The fraction of sp³-hybridized carbons (Fsp3) is 0.412. The number of fused-ring (bicyclic) bond motifs is 1. The molecule has 0 fully saturated rings. The minimum Gasteiger partial charge on any atom is -0.494 e. The largest absolute Gasteiger partial charge is 0.494 e. The van der Waals surface area contributed by atoms with Gasteiger partial charge in [0.2, 0.25) is 5.88 Å². The first-order valence-corrected chi connectivity index (χ1v) is 7.79. The molecule has 22 heavy (non-hydrogen) atoms. The molecule has 2 aromatic rings. The molecule has 5 heteroatoms. The van der Waals surface area contributed by atoms with E-state index >= 15 is 0 Å². The molecule has 116 valence electrons. The Morgan fingerprint density at radius 3 is 3.18 bits per heavy atom. The number of aryl methyl sites for hydroxylation is 1. The molecule has 1 aliphatic carbocycles. The minimum absolute atomic E-state index is 0.202. The summed E-state index contributed by atoms with van der Waals surface area (Å²) in [5.74, 6) is 0.991. The third-order valence-electron chi connectivity index (χ3n) is 3.80. The summed E-state index contributed by atoms with van der Waals surface area (Å²) in [7, 11) is 0. The van der Waals surface area contributed by atoms with Crippen LogP contribution in [0.2, 0.25) is 0 Å². The van der Waals surface area contributed by atoms with Gasteiger partial charge in [0, 0.05) is 11.1 Å². The van der Waals surface area contributed by atoms with Crippen LogP contribution in [0.15, 0.2) is 28.8 Å². The summed E-state index contributed by atoms with van der Waals surface area (Å²) >= 11 is 0. The van der Waals surface area contributed by atoms with Gasteiger partial charge in [0.05, 0.1) is 12.3 Å². The van der Waals surface area contributed by atoms with Crippen LogP contribution in [-0.4, -0.2) is 17.7 Å². The van der Waals surface area contributed by atoms with Crippen molar-refractivity contribution in [2.75, 3.05) is 11.9 Å². The maximum atomic E-state index is 12.3. The summed E-state index contributed by atoms with van der Waals surface area (Å²) in [5.41, 5.74) is 2.55. The number of carbonyl (C=O) groups excluding carboxylic acids is 1. The number of anilines is 1. The van der Waals surface area contributed by atoms with Crippen LogP contribution in [-0.2, 0) is 12.8 Å². The maximum Gasteiger partial charge on any atom is 0.258 e. The molecule has 1 heterocycles. The van der Waals surface area contributed by atoms with Gasteiger partial charge in [-0.15, -0.1) is 0 Å². The Hall–Kier alpha value is -2.30. The molecule has 1 N–H and O–H groups in total. The minimum atomic E-state index is -0.202. The number of hydrogen-bond donors (Lipinski definition) is 1. The number of hydrogen-bond acceptors (Lipinski definition) is 4. The van der Waals surface area contributed by atoms with E-state index in [2.05, 4.69) is 17.4 Å². The highest BCUT2D eigenvalue weighted by Gasteiger charge is 2.22. The summed E-state index contributed by atoms with van der Waals surface area (Å²) in [4.78, 5) is 12.3. The van der Waals surface area contributed by atoms with Crippen molar-refractivity contribution in [2.45, 2.75) is 39.0 Å². The van der Waals surface area contributed by atoms with Crippen LogP contribution in [0.25, 0.3) is 0 Å². The summed E-state index contributed by atoms with van der Waals surface area (Å²) in [6.07, 6.45) is 4.99. The topological polar surface area (TPSA) is 64.4 Å². The Morgan fingerprint density at radius 2 is 2.32 bits per heavy atom. The van der Waals surface area contributed by atoms with Crippen molar-refractivity contribution in [3.8, 4) is 5.75 Å². The zero-order valence-electron chi connectivity index (χ0n) is 12.7. The smallest absolute Gasteiger partial charge is 0.258 e. The predicted octanol–water partition coefficient (Wildman–Crippen LogP) is 3.59. The molecular formula is C17H20N2O3. The van der Waals surface area contributed by atoms with Gasteiger partial charge >= 0.3 is 0 Å². The van der Waals surface area contributed by atoms with E-state index in [0.717, 1.165) is 43.4 Å². The maximum absolute atomic E-state index is 12.3. The predicted molar refractivity (Wildman–Crippen MR) is 83.3 cm³/mol. The molecule has 1 amide bonds. The quantitative estimate of drug-likeness (QED) is 0.828. The van der Waals surface area contributed by atoms with Gasteiger partial charge in [0.15, 0.2) is 0 Å². The Bertz CT molecular complexity index is 664. The second kappa shape index (κ2) is 6.64. The first kappa shape index (κ1) is 14.6. The first-order valence-electron chi connectivity index (χ1n) is 7.79. The first-order chi connectivity index (χ1) is 10.8. The SMILES string of the molecule is CCCCOc1cccc(C(=O)Nc2onc3c2CCC3)c1. The molecule has 0 saturated heterocycles. The van der Waals surface area contributed by atoms with E-state index in [1.54, 1.807) is 12.1 Å². The number of benzene rings is 1. The van der Waals surface area contributed by atoms with E-state index in [4.69, 9.17) is 9.26 Å². The Labute approximate surface area is 129 Å². The van der Waals surface area contributed by atoms with Crippen LogP contribution in [0.1, 0.15) is 47.8 Å². The van der Waals surface area contributed by atoms with Crippen LogP contribution < -0.4 is 10.1 Å².